The van der Waals surface area contributed by atoms with Crippen molar-refractivity contribution in [3.05, 3.63) is 76.1 Å². The van der Waals surface area contributed by atoms with Crippen LogP contribution < -0.4 is 33.4 Å². The minimum absolute atomic E-state index is 0.0593. The minimum atomic E-state index is -5.10. The molecule has 9 N–H and O–H groups in total. The molecule has 45 heavy (non-hydrogen) atoms. The van der Waals surface area contributed by atoms with E-state index in [0.717, 1.165) is 6.07 Å². The number of halogens is 4. The molecule has 240 valence electrons. The highest BCUT2D eigenvalue weighted by Gasteiger charge is 2.33. The van der Waals surface area contributed by atoms with E-state index in [1.54, 1.807) is 24.3 Å². The Balaban J connectivity index is 1.61. The molecule has 0 saturated carbocycles. The smallest absolute Gasteiger partial charge is 0.403 e. The largest absolute Gasteiger partial charge is 0.573 e. The fraction of sp³-hybridized carbons (Fsp3) is 0.333. The van der Waals surface area contributed by atoms with Crippen molar-refractivity contribution in [1.82, 2.24) is 14.5 Å². The van der Waals surface area contributed by atoms with Crippen LogP contribution in [0.3, 0.4) is 0 Å². The molecule has 0 aliphatic carbocycles. The number of carbonyl (C=O) groups excluding carboxylic acids is 1. The summed E-state index contributed by atoms with van der Waals surface area (Å²) in [7, 11) is 0. The van der Waals surface area contributed by atoms with Crippen LogP contribution in [0.5, 0.6) is 5.75 Å². The number of aromatic nitrogens is 3. The molecule has 2 aromatic heterocycles. The van der Waals surface area contributed by atoms with Gasteiger partial charge in [-0.1, -0.05) is 12.1 Å². The molecule has 0 amide bonds. The maximum atomic E-state index is 15.3. The predicted molar refractivity (Wildman–Crippen MR) is 162 cm³/mol. The number of hydrogen-bond donors (Lipinski definition) is 5. The van der Waals surface area contributed by atoms with E-state index in [1.165, 1.54) is 22.9 Å². The highest BCUT2D eigenvalue weighted by molar-refractivity contribution is 5.85. The van der Waals surface area contributed by atoms with Crippen LogP contribution in [0.25, 0.3) is 28.0 Å². The fourth-order valence-electron chi connectivity index (χ4n) is 4.79. The number of alkyl halides is 3. The first kappa shape index (κ1) is 33.1. The summed E-state index contributed by atoms with van der Waals surface area (Å²) in [6, 6.07) is 9.35. The number of aryl methyl sites for hydroxylation is 1. The van der Waals surface area contributed by atoms with Gasteiger partial charge in [-0.15, -0.1) is 13.2 Å². The van der Waals surface area contributed by atoms with Gasteiger partial charge < -0.3 is 32.7 Å². The number of H-pyrrole nitrogens is 1. The van der Waals surface area contributed by atoms with E-state index in [4.69, 9.17) is 22.9 Å². The Kier molecular flexibility index (Phi) is 10.2. The average Bonchev–Trinajstić information content (AvgIpc) is 3.37. The number of fused-ring (bicyclic) bond motifs is 1. The van der Waals surface area contributed by atoms with Crippen molar-refractivity contribution in [2.24, 2.45) is 27.9 Å². The van der Waals surface area contributed by atoms with Crippen LogP contribution in [0.1, 0.15) is 49.8 Å². The number of ether oxygens (including phenoxy) is 1. The number of Topliss-reactive ketones (excluding diaryl/α,β-unsaturated/α-hetero) is 1. The summed E-state index contributed by atoms with van der Waals surface area (Å²) in [6.07, 6.45) is -1.50. The van der Waals surface area contributed by atoms with E-state index in [2.05, 4.69) is 19.7 Å². The van der Waals surface area contributed by atoms with Crippen LogP contribution in [0.15, 0.2) is 58.4 Å². The van der Waals surface area contributed by atoms with E-state index in [0.29, 0.717) is 54.4 Å². The number of nitrogens with one attached hydrogen (secondary N) is 1. The lowest BCUT2D eigenvalue weighted by molar-refractivity contribution is -0.275. The van der Waals surface area contributed by atoms with Crippen LogP contribution in [0.2, 0.25) is 0 Å². The Morgan fingerprint density at radius 1 is 1.11 bits per heavy atom. The third-order valence-electron chi connectivity index (χ3n) is 7.00. The summed E-state index contributed by atoms with van der Waals surface area (Å²) >= 11 is 0. The third kappa shape index (κ3) is 8.67. The molecule has 4 rings (SSSR count). The van der Waals surface area contributed by atoms with Gasteiger partial charge in [-0.25, -0.2) is 9.18 Å². The number of benzene rings is 2. The number of carbonyl (C=O) groups is 1. The number of nitrogens with two attached hydrogens (primary N) is 4. The third-order valence-corrected chi connectivity index (χ3v) is 7.00. The molecule has 0 bridgehead atoms. The zero-order chi connectivity index (χ0) is 32.9. The fourth-order valence-corrected chi connectivity index (χ4v) is 4.79. The number of hydrogen-bond acceptors (Lipinski definition) is 7. The monoisotopic (exact) mass is 630 g/mol. The zero-order valence-corrected chi connectivity index (χ0v) is 24.4. The van der Waals surface area contributed by atoms with Gasteiger partial charge in [0.15, 0.2) is 23.3 Å². The van der Waals surface area contributed by atoms with Crippen LogP contribution in [-0.4, -0.2) is 45.2 Å². The molecular formula is C30H34F4N8O3. The van der Waals surface area contributed by atoms with Crippen LogP contribution >= 0.6 is 0 Å². The molecule has 2 atom stereocenters. The second kappa shape index (κ2) is 13.9. The number of ketones is 1. The van der Waals surface area contributed by atoms with E-state index < -0.39 is 29.7 Å². The second-order valence-electron chi connectivity index (χ2n) is 10.7. The highest BCUT2D eigenvalue weighted by Crippen LogP contribution is 2.35. The van der Waals surface area contributed by atoms with Gasteiger partial charge in [-0.3, -0.25) is 14.4 Å². The van der Waals surface area contributed by atoms with Crippen molar-refractivity contribution in [3.63, 3.8) is 0 Å². The molecule has 15 heteroatoms. The molecule has 4 aromatic rings. The van der Waals surface area contributed by atoms with Crippen LogP contribution in [-0.2, 0) is 11.2 Å². The summed E-state index contributed by atoms with van der Waals surface area (Å²) in [5, 5.41) is 0.390. The van der Waals surface area contributed by atoms with Gasteiger partial charge in [0.2, 0.25) is 0 Å². The molecule has 2 aromatic carbocycles. The lowest BCUT2D eigenvalue weighted by atomic mass is 10.0. The van der Waals surface area contributed by atoms with Crippen molar-refractivity contribution in [2.75, 3.05) is 6.54 Å². The standard InChI is InChI=1S/C30H34F4N8O3/c1-16(35)4-2-5-17-12-21(25(31)24(13-17)45-30(32,33)34)22-14-19-15-42(29(44)41-27(19)40-22)20-9-7-18(8-10-20)26(36)23(43)6-3-11-39-28(37)38/h7-10,12-16,26H,2-6,11,35-36H2,1H3,(H4,37,38,39)(H,40,41,44)/t16-,26-/m0/s1. The number of rotatable bonds is 13. The highest BCUT2D eigenvalue weighted by atomic mass is 19.4. The van der Waals surface area contributed by atoms with Gasteiger partial charge >= 0.3 is 12.1 Å². The van der Waals surface area contributed by atoms with E-state index >= 15 is 4.39 Å². The van der Waals surface area contributed by atoms with E-state index in [9.17, 15) is 22.8 Å². The van der Waals surface area contributed by atoms with Crippen molar-refractivity contribution < 1.29 is 27.1 Å². The molecule has 2 heterocycles. The van der Waals surface area contributed by atoms with Crippen LogP contribution in [0, 0.1) is 5.82 Å². The summed E-state index contributed by atoms with van der Waals surface area (Å²) in [6.45, 7) is 2.11. The second-order valence-corrected chi connectivity index (χ2v) is 10.7. The summed E-state index contributed by atoms with van der Waals surface area (Å²) in [5.74, 6) is -2.45. The molecule has 0 spiro atoms. The van der Waals surface area contributed by atoms with E-state index in [1.807, 2.05) is 6.92 Å². The molecule has 0 saturated heterocycles. The first-order chi connectivity index (χ1) is 21.2. The molecule has 0 fully saturated rings. The first-order valence-corrected chi connectivity index (χ1v) is 14.1. The van der Waals surface area contributed by atoms with E-state index in [-0.39, 0.29) is 41.1 Å². The lowest BCUT2D eigenvalue weighted by Gasteiger charge is -2.14. The summed E-state index contributed by atoms with van der Waals surface area (Å²) in [4.78, 5) is 36.1. The maximum absolute atomic E-state index is 15.3. The SMILES string of the molecule is C[C@H](N)CCCc1cc(OC(F)(F)F)c(F)c(-c2cc3cn(-c4ccc([C@H](N)C(=O)CCCN=C(N)N)cc4)c(=O)nc3[nH]2)c1. The number of aromatic amines is 1. The predicted octanol–water partition coefficient (Wildman–Crippen LogP) is 3.71. The van der Waals surface area contributed by atoms with Crippen molar-refractivity contribution in [1.29, 1.82) is 0 Å². The van der Waals surface area contributed by atoms with Crippen LogP contribution in [0.4, 0.5) is 17.6 Å². The quantitative estimate of drug-likeness (QED) is 0.0638. The first-order valence-electron chi connectivity index (χ1n) is 14.1. The zero-order valence-electron chi connectivity index (χ0n) is 24.4. The van der Waals surface area contributed by atoms with Gasteiger partial charge in [0.05, 0.1) is 17.4 Å². The number of aliphatic imine (C=N–C) groups is 1. The summed E-state index contributed by atoms with van der Waals surface area (Å²) < 4.78 is 59.8. The number of nitrogens with zero attached hydrogens (tertiary/aromatic N) is 3. The molecule has 0 aliphatic heterocycles. The van der Waals surface area contributed by atoms with Gasteiger partial charge in [-0.05, 0) is 74.1 Å². The number of guanidine groups is 1. The molecule has 11 nitrogen and oxygen atoms in total. The lowest BCUT2D eigenvalue weighted by Crippen LogP contribution is -2.24. The Morgan fingerprint density at radius 3 is 2.47 bits per heavy atom. The molecule has 0 radical (unpaired) electrons. The van der Waals surface area contributed by atoms with Crippen molar-refractivity contribution >= 4 is 22.8 Å². The van der Waals surface area contributed by atoms with Gasteiger partial charge in [-0.2, -0.15) is 4.98 Å². The topological polar surface area (TPSA) is 193 Å². The average molecular weight is 631 g/mol. The Morgan fingerprint density at radius 2 is 1.82 bits per heavy atom. The van der Waals surface area contributed by atoms with Gasteiger partial charge in [0.25, 0.3) is 0 Å². The minimum Gasteiger partial charge on any atom is -0.403 e. The van der Waals surface area contributed by atoms with Gasteiger partial charge in [0, 0.05) is 36.2 Å². The molecule has 0 aliphatic rings. The normalized spacial score (nSPS) is 13.0. The Hall–Kier alpha value is -4.76. The maximum Gasteiger partial charge on any atom is 0.573 e. The molecule has 0 unspecified atom stereocenters. The Bertz CT molecular complexity index is 1740. The summed E-state index contributed by atoms with van der Waals surface area (Å²) in [5.41, 5.74) is 23.2. The molecular weight excluding hydrogens is 596 g/mol. The van der Waals surface area contributed by atoms with Crippen molar-refractivity contribution in [3.8, 4) is 22.7 Å². The van der Waals surface area contributed by atoms with Gasteiger partial charge in [0.1, 0.15) is 5.65 Å². The Labute approximate surface area is 255 Å². The van der Waals surface area contributed by atoms with Crippen molar-refractivity contribution in [2.45, 2.75) is 57.5 Å².